The van der Waals surface area contributed by atoms with Crippen molar-refractivity contribution in [3.63, 3.8) is 0 Å². The number of aromatic nitrogens is 2. The summed E-state index contributed by atoms with van der Waals surface area (Å²) in [7, 11) is 1.71. The predicted molar refractivity (Wildman–Crippen MR) is 77.6 cm³/mol. The van der Waals surface area contributed by atoms with E-state index in [0.29, 0.717) is 5.92 Å². The summed E-state index contributed by atoms with van der Waals surface area (Å²) in [5.41, 5.74) is 2.41. The Hall–Kier alpha value is -1.36. The van der Waals surface area contributed by atoms with Gasteiger partial charge in [-0.3, -0.25) is 4.79 Å². The lowest BCUT2D eigenvalue weighted by molar-refractivity contribution is -0.123. The summed E-state index contributed by atoms with van der Waals surface area (Å²) in [6, 6.07) is -0.162. The summed E-state index contributed by atoms with van der Waals surface area (Å²) in [5, 5.41) is 6.15. The SMILES string of the molecule is CNC(=O)C(C)n1c(C2CCCC2)nc2c1CCNC2. The molecule has 2 aliphatic rings. The highest BCUT2D eigenvalue weighted by molar-refractivity contribution is 5.79. The van der Waals surface area contributed by atoms with E-state index in [2.05, 4.69) is 15.2 Å². The first-order valence-electron chi connectivity index (χ1n) is 7.74. The van der Waals surface area contributed by atoms with Gasteiger partial charge in [-0.05, 0) is 19.8 Å². The highest BCUT2D eigenvalue weighted by Gasteiger charge is 2.30. The number of fused-ring (bicyclic) bond motifs is 1. The Morgan fingerprint density at radius 2 is 2.20 bits per heavy atom. The summed E-state index contributed by atoms with van der Waals surface area (Å²) < 4.78 is 2.23. The van der Waals surface area contributed by atoms with Crippen LogP contribution in [-0.4, -0.2) is 29.1 Å². The van der Waals surface area contributed by atoms with Crippen molar-refractivity contribution < 1.29 is 4.79 Å². The van der Waals surface area contributed by atoms with Crippen LogP contribution in [0.3, 0.4) is 0 Å². The molecule has 2 N–H and O–H groups in total. The maximum atomic E-state index is 12.1. The van der Waals surface area contributed by atoms with E-state index in [-0.39, 0.29) is 11.9 Å². The van der Waals surface area contributed by atoms with Crippen LogP contribution in [0.4, 0.5) is 0 Å². The Bertz CT molecular complexity index is 502. The quantitative estimate of drug-likeness (QED) is 0.879. The Balaban J connectivity index is 2.03. The van der Waals surface area contributed by atoms with Gasteiger partial charge in [0.05, 0.1) is 5.69 Å². The Morgan fingerprint density at radius 1 is 1.45 bits per heavy atom. The van der Waals surface area contributed by atoms with Crippen LogP contribution in [0, 0.1) is 0 Å². The standard InChI is InChI=1S/C15H24N4O/c1-10(15(20)16-2)19-13-7-8-17-9-12(13)18-14(19)11-5-3-4-6-11/h10-11,17H,3-9H2,1-2H3,(H,16,20). The lowest BCUT2D eigenvalue weighted by atomic mass is 10.1. The van der Waals surface area contributed by atoms with Gasteiger partial charge in [-0.1, -0.05) is 12.8 Å². The van der Waals surface area contributed by atoms with Crippen molar-refractivity contribution in [2.75, 3.05) is 13.6 Å². The monoisotopic (exact) mass is 276 g/mol. The summed E-state index contributed by atoms with van der Waals surface area (Å²) in [6.45, 7) is 3.80. The second-order valence-corrected chi connectivity index (χ2v) is 5.93. The van der Waals surface area contributed by atoms with Crippen molar-refractivity contribution in [3.05, 3.63) is 17.2 Å². The van der Waals surface area contributed by atoms with Crippen molar-refractivity contribution in [2.24, 2.45) is 0 Å². The van der Waals surface area contributed by atoms with Crippen molar-refractivity contribution >= 4 is 5.91 Å². The number of amides is 1. The second kappa shape index (κ2) is 5.56. The van der Waals surface area contributed by atoms with Gasteiger partial charge in [0, 0.05) is 38.2 Å². The number of likely N-dealkylation sites (N-methyl/N-ethyl adjacent to an activating group) is 1. The molecule has 0 aromatic carbocycles. The molecule has 1 aliphatic heterocycles. The van der Waals surface area contributed by atoms with Gasteiger partial charge in [-0.15, -0.1) is 0 Å². The third-order valence-corrected chi connectivity index (χ3v) is 4.68. The number of nitrogens with one attached hydrogen (secondary N) is 2. The van der Waals surface area contributed by atoms with Crippen LogP contribution in [0.25, 0.3) is 0 Å². The average Bonchev–Trinajstić information content (AvgIpc) is 3.12. The van der Waals surface area contributed by atoms with Crippen molar-refractivity contribution in [1.82, 2.24) is 20.2 Å². The topological polar surface area (TPSA) is 59.0 Å². The predicted octanol–water partition coefficient (Wildman–Crippen LogP) is 1.49. The molecule has 1 fully saturated rings. The molecule has 3 rings (SSSR count). The molecule has 1 atom stereocenters. The van der Waals surface area contributed by atoms with E-state index in [1.165, 1.54) is 31.4 Å². The van der Waals surface area contributed by atoms with Crippen LogP contribution < -0.4 is 10.6 Å². The highest BCUT2D eigenvalue weighted by atomic mass is 16.2. The maximum Gasteiger partial charge on any atom is 0.242 e. The summed E-state index contributed by atoms with van der Waals surface area (Å²) >= 11 is 0. The van der Waals surface area contributed by atoms with Crippen molar-refractivity contribution in [2.45, 2.75) is 57.5 Å². The second-order valence-electron chi connectivity index (χ2n) is 5.93. The lowest BCUT2D eigenvalue weighted by Gasteiger charge is -2.22. The largest absolute Gasteiger partial charge is 0.357 e. The molecular weight excluding hydrogens is 252 g/mol. The minimum absolute atomic E-state index is 0.0722. The van der Waals surface area contributed by atoms with Gasteiger partial charge in [0.25, 0.3) is 0 Å². The Morgan fingerprint density at radius 3 is 2.90 bits per heavy atom. The van der Waals surface area contributed by atoms with Gasteiger partial charge < -0.3 is 15.2 Å². The maximum absolute atomic E-state index is 12.1. The van der Waals surface area contributed by atoms with E-state index in [1.54, 1.807) is 7.05 Å². The van der Waals surface area contributed by atoms with Gasteiger partial charge >= 0.3 is 0 Å². The van der Waals surface area contributed by atoms with E-state index < -0.39 is 0 Å². The minimum Gasteiger partial charge on any atom is -0.357 e. The molecule has 0 radical (unpaired) electrons. The number of hydrogen-bond donors (Lipinski definition) is 2. The summed E-state index contributed by atoms with van der Waals surface area (Å²) in [4.78, 5) is 17.0. The fraction of sp³-hybridized carbons (Fsp3) is 0.733. The van der Waals surface area contributed by atoms with E-state index in [1.807, 2.05) is 6.92 Å². The molecule has 5 nitrogen and oxygen atoms in total. The molecule has 110 valence electrons. The highest BCUT2D eigenvalue weighted by Crippen LogP contribution is 2.36. The average molecular weight is 276 g/mol. The Labute approximate surface area is 120 Å². The molecule has 0 bridgehead atoms. The fourth-order valence-corrected chi connectivity index (χ4v) is 3.58. The minimum atomic E-state index is -0.162. The molecule has 1 aromatic heterocycles. The first-order chi connectivity index (χ1) is 9.72. The van der Waals surface area contributed by atoms with E-state index in [0.717, 1.165) is 31.0 Å². The first kappa shape index (κ1) is 13.6. The number of imidazole rings is 1. The molecule has 20 heavy (non-hydrogen) atoms. The van der Waals surface area contributed by atoms with Gasteiger partial charge in [0.2, 0.25) is 5.91 Å². The van der Waals surface area contributed by atoms with Gasteiger partial charge in [0.15, 0.2) is 0 Å². The molecule has 0 spiro atoms. The van der Waals surface area contributed by atoms with Crippen LogP contribution in [-0.2, 0) is 17.8 Å². The molecule has 1 aliphatic carbocycles. The smallest absolute Gasteiger partial charge is 0.242 e. The van der Waals surface area contributed by atoms with Crippen LogP contribution in [0.2, 0.25) is 0 Å². The summed E-state index contributed by atoms with van der Waals surface area (Å²) in [6.07, 6.45) is 5.97. The third-order valence-electron chi connectivity index (χ3n) is 4.68. The molecule has 2 heterocycles. The fourth-order valence-electron chi connectivity index (χ4n) is 3.58. The van der Waals surface area contributed by atoms with Gasteiger partial charge in [0.1, 0.15) is 11.9 Å². The summed E-state index contributed by atoms with van der Waals surface area (Å²) in [5.74, 6) is 1.75. The Kier molecular flexibility index (Phi) is 3.78. The molecular formula is C15H24N4O. The molecule has 0 saturated heterocycles. The third kappa shape index (κ3) is 2.24. The van der Waals surface area contributed by atoms with Crippen LogP contribution in [0.5, 0.6) is 0 Å². The zero-order valence-electron chi connectivity index (χ0n) is 12.4. The lowest BCUT2D eigenvalue weighted by Crippen LogP contribution is -2.32. The van der Waals surface area contributed by atoms with E-state index in [4.69, 9.17) is 4.98 Å². The van der Waals surface area contributed by atoms with E-state index >= 15 is 0 Å². The zero-order valence-corrected chi connectivity index (χ0v) is 12.4. The van der Waals surface area contributed by atoms with Gasteiger partial charge in [-0.25, -0.2) is 4.98 Å². The normalized spacial score (nSPS) is 20.7. The molecule has 1 saturated carbocycles. The van der Waals surface area contributed by atoms with Crippen LogP contribution in [0.1, 0.15) is 61.8 Å². The zero-order chi connectivity index (χ0) is 14.1. The molecule has 1 amide bonds. The van der Waals surface area contributed by atoms with Crippen LogP contribution in [0.15, 0.2) is 0 Å². The van der Waals surface area contributed by atoms with Crippen molar-refractivity contribution in [1.29, 1.82) is 0 Å². The number of nitrogens with zero attached hydrogens (tertiary/aromatic N) is 2. The first-order valence-corrected chi connectivity index (χ1v) is 7.74. The number of rotatable bonds is 3. The van der Waals surface area contributed by atoms with E-state index in [9.17, 15) is 4.79 Å². The molecule has 1 unspecified atom stereocenters. The number of carbonyl (C=O) groups excluding carboxylic acids is 1. The molecule has 5 heteroatoms. The number of hydrogen-bond acceptors (Lipinski definition) is 3. The van der Waals surface area contributed by atoms with Crippen LogP contribution >= 0.6 is 0 Å². The van der Waals surface area contributed by atoms with Gasteiger partial charge in [-0.2, -0.15) is 0 Å². The number of carbonyl (C=O) groups is 1. The van der Waals surface area contributed by atoms with Crippen molar-refractivity contribution in [3.8, 4) is 0 Å². The molecule has 1 aromatic rings.